The average Bonchev–Trinajstić information content (AvgIpc) is 3.12. The second-order valence-corrected chi connectivity index (χ2v) is 8.96. The van der Waals surface area contributed by atoms with Gasteiger partial charge in [0.2, 0.25) is 5.91 Å². The summed E-state index contributed by atoms with van der Waals surface area (Å²) in [4.78, 5) is 17.2. The zero-order valence-corrected chi connectivity index (χ0v) is 19.4. The molecule has 11 heteroatoms. The summed E-state index contributed by atoms with van der Waals surface area (Å²) < 4.78 is 69.5. The maximum Gasteiger partial charge on any atom is 0.435 e. The first-order valence-electron chi connectivity index (χ1n) is 10.6. The topological polar surface area (TPSA) is 59.8 Å². The molecule has 1 amide bonds. The number of carbonyl (C=O) groups is 1. The van der Waals surface area contributed by atoms with Crippen LogP contribution in [0.2, 0.25) is 0 Å². The summed E-state index contributed by atoms with van der Waals surface area (Å²) in [5, 5.41) is 6.46. The van der Waals surface area contributed by atoms with E-state index in [1.54, 1.807) is 12.1 Å². The van der Waals surface area contributed by atoms with E-state index in [0.29, 0.717) is 35.1 Å². The summed E-state index contributed by atoms with van der Waals surface area (Å²) in [5.41, 5.74) is 0.312. The molecule has 0 fully saturated rings. The van der Waals surface area contributed by atoms with E-state index >= 15 is 0 Å². The fraction of sp³-hybridized carbons (Fsp3) is 0.348. The van der Waals surface area contributed by atoms with Crippen LogP contribution in [0.15, 0.2) is 41.0 Å². The molecule has 0 radical (unpaired) electrons. The molecular formula is C23H20BrF5N4O. The molecule has 180 valence electrons. The Hall–Kier alpha value is -2.82. The van der Waals surface area contributed by atoms with Crippen LogP contribution < -0.4 is 5.32 Å². The number of pyridine rings is 1. The maximum atomic E-state index is 13.7. The van der Waals surface area contributed by atoms with Gasteiger partial charge in [0, 0.05) is 28.0 Å². The number of alkyl halides is 3. The van der Waals surface area contributed by atoms with Gasteiger partial charge in [0.05, 0.1) is 11.7 Å². The molecule has 1 aliphatic carbocycles. The number of aromatic nitrogens is 3. The van der Waals surface area contributed by atoms with Crippen LogP contribution in [0.1, 0.15) is 47.1 Å². The van der Waals surface area contributed by atoms with Gasteiger partial charge in [0.1, 0.15) is 18.2 Å². The number of rotatable bonds is 6. The van der Waals surface area contributed by atoms with Gasteiger partial charge in [-0.25, -0.2) is 8.78 Å². The van der Waals surface area contributed by atoms with Crippen LogP contribution >= 0.6 is 15.9 Å². The monoisotopic (exact) mass is 542 g/mol. The van der Waals surface area contributed by atoms with Crippen molar-refractivity contribution in [3.63, 3.8) is 0 Å². The van der Waals surface area contributed by atoms with Crippen molar-refractivity contribution in [2.45, 2.75) is 50.9 Å². The molecule has 3 aromatic rings. The standard InChI is InChI=1S/C23H20BrF5N4O/c24-17-5-3-7-30-21(17)18(10-13-8-14(25)11-15(26)9-13)31-20(34)12-33-19-6-2-1-4-16(19)22(32-33)23(27,28)29/h3,5,7-9,11,18H,1-2,4,6,10,12H2,(H,31,34). The number of benzene rings is 1. The van der Waals surface area contributed by atoms with Crippen molar-refractivity contribution in [3.05, 3.63) is 80.8 Å². The average molecular weight is 543 g/mol. The van der Waals surface area contributed by atoms with Gasteiger partial charge in [-0.2, -0.15) is 18.3 Å². The van der Waals surface area contributed by atoms with E-state index in [0.717, 1.165) is 22.9 Å². The second-order valence-electron chi connectivity index (χ2n) is 8.11. The summed E-state index contributed by atoms with van der Waals surface area (Å²) in [6.45, 7) is -0.420. The maximum absolute atomic E-state index is 13.7. The number of halogens is 6. The minimum Gasteiger partial charge on any atom is -0.346 e. The molecule has 1 N–H and O–H groups in total. The van der Waals surface area contributed by atoms with Crippen molar-refractivity contribution in [2.24, 2.45) is 0 Å². The van der Waals surface area contributed by atoms with Gasteiger partial charge in [-0.05, 0) is 77.9 Å². The van der Waals surface area contributed by atoms with Crippen molar-refractivity contribution in [1.82, 2.24) is 20.1 Å². The molecule has 0 spiro atoms. The first-order chi connectivity index (χ1) is 16.1. The summed E-state index contributed by atoms with van der Waals surface area (Å²) in [7, 11) is 0. The zero-order chi connectivity index (χ0) is 24.5. The van der Waals surface area contributed by atoms with Gasteiger partial charge in [0.15, 0.2) is 5.69 Å². The lowest BCUT2D eigenvalue weighted by atomic mass is 9.95. The molecule has 2 heterocycles. The predicted molar refractivity (Wildman–Crippen MR) is 117 cm³/mol. The van der Waals surface area contributed by atoms with Crippen LogP contribution in [0, 0.1) is 11.6 Å². The molecule has 1 aliphatic rings. The van der Waals surface area contributed by atoms with Crippen molar-refractivity contribution < 1.29 is 26.7 Å². The Labute approximate surface area is 200 Å². The lowest BCUT2D eigenvalue weighted by Gasteiger charge is -2.20. The van der Waals surface area contributed by atoms with Crippen LogP contribution in [0.5, 0.6) is 0 Å². The summed E-state index contributed by atoms with van der Waals surface area (Å²) in [6, 6.07) is 5.62. The first kappa shape index (κ1) is 24.3. The third kappa shape index (κ3) is 5.45. The van der Waals surface area contributed by atoms with E-state index in [4.69, 9.17) is 0 Å². The van der Waals surface area contributed by atoms with Crippen molar-refractivity contribution in [1.29, 1.82) is 0 Å². The zero-order valence-electron chi connectivity index (χ0n) is 17.8. The molecule has 1 atom stereocenters. The van der Waals surface area contributed by atoms with Gasteiger partial charge >= 0.3 is 6.18 Å². The molecule has 4 rings (SSSR count). The molecule has 0 saturated carbocycles. The third-order valence-electron chi connectivity index (χ3n) is 5.63. The highest BCUT2D eigenvalue weighted by Crippen LogP contribution is 2.36. The SMILES string of the molecule is O=C(Cn1nc(C(F)(F)F)c2c1CCCC2)NC(Cc1cc(F)cc(F)c1)c1ncccc1Br. The van der Waals surface area contributed by atoms with E-state index in [9.17, 15) is 26.7 Å². The number of hydrogen-bond donors (Lipinski definition) is 1. The highest BCUT2D eigenvalue weighted by Gasteiger charge is 2.39. The van der Waals surface area contributed by atoms with Gasteiger partial charge in [-0.1, -0.05) is 0 Å². The van der Waals surface area contributed by atoms with E-state index in [-0.39, 0.29) is 24.0 Å². The highest BCUT2D eigenvalue weighted by atomic mass is 79.9. The fourth-order valence-corrected chi connectivity index (χ4v) is 4.77. The van der Waals surface area contributed by atoms with E-state index in [1.165, 1.54) is 6.20 Å². The van der Waals surface area contributed by atoms with Crippen molar-refractivity contribution in [2.75, 3.05) is 0 Å². The molecule has 0 saturated heterocycles. The number of nitrogens with one attached hydrogen (secondary N) is 1. The molecule has 1 aromatic carbocycles. The van der Waals surface area contributed by atoms with E-state index < -0.39 is 42.0 Å². The summed E-state index contributed by atoms with van der Waals surface area (Å²) >= 11 is 3.37. The second kappa shape index (κ2) is 9.81. The Morgan fingerprint density at radius 2 is 1.85 bits per heavy atom. The largest absolute Gasteiger partial charge is 0.435 e. The smallest absolute Gasteiger partial charge is 0.346 e. The molecular weight excluding hydrogens is 523 g/mol. The first-order valence-corrected chi connectivity index (χ1v) is 11.4. The predicted octanol–water partition coefficient (Wildman–Crippen LogP) is 5.32. The van der Waals surface area contributed by atoms with E-state index in [2.05, 4.69) is 31.3 Å². The van der Waals surface area contributed by atoms with Gasteiger partial charge in [-0.15, -0.1) is 0 Å². The lowest BCUT2D eigenvalue weighted by molar-refractivity contribution is -0.142. The summed E-state index contributed by atoms with van der Waals surface area (Å²) in [5.74, 6) is -2.12. The van der Waals surface area contributed by atoms with Gasteiger partial charge < -0.3 is 5.32 Å². The number of carbonyl (C=O) groups excluding carboxylic acids is 1. The van der Waals surface area contributed by atoms with Crippen LogP contribution in [-0.2, 0) is 36.8 Å². The van der Waals surface area contributed by atoms with Gasteiger partial charge in [0.25, 0.3) is 0 Å². The Bertz CT molecular complexity index is 1190. The highest BCUT2D eigenvalue weighted by molar-refractivity contribution is 9.10. The molecule has 0 bridgehead atoms. The van der Waals surface area contributed by atoms with Crippen molar-refractivity contribution >= 4 is 21.8 Å². The molecule has 1 unspecified atom stereocenters. The molecule has 0 aliphatic heterocycles. The Balaban J connectivity index is 1.60. The molecule has 2 aromatic heterocycles. The van der Waals surface area contributed by atoms with Gasteiger partial charge in [-0.3, -0.25) is 14.5 Å². The van der Waals surface area contributed by atoms with Crippen LogP contribution in [0.3, 0.4) is 0 Å². The molecule has 5 nitrogen and oxygen atoms in total. The van der Waals surface area contributed by atoms with E-state index in [1.807, 2.05) is 0 Å². The molecule has 34 heavy (non-hydrogen) atoms. The number of hydrogen-bond acceptors (Lipinski definition) is 3. The van der Waals surface area contributed by atoms with Crippen LogP contribution in [-0.4, -0.2) is 20.7 Å². The Morgan fingerprint density at radius 1 is 1.15 bits per heavy atom. The minimum atomic E-state index is -4.61. The minimum absolute atomic E-state index is 0.0149. The van der Waals surface area contributed by atoms with Crippen LogP contribution in [0.4, 0.5) is 22.0 Å². The summed E-state index contributed by atoms with van der Waals surface area (Å²) in [6.07, 6.45) is -1.07. The number of fused-ring (bicyclic) bond motifs is 1. The number of amides is 1. The Kier molecular flexibility index (Phi) is 7.01. The third-order valence-corrected chi connectivity index (χ3v) is 6.30. The quantitative estimate of drug-likeness (QED) is 0.429. The normalized spacial score (nSPS) is 14.5. The number of nitrogens with zero attached hydrogens (tertiary/aromatic N) is 3. The van der Waals surface area contributed by atoms with Crippen molar-refractivity contribution in [3.8, 4) is 0 Å². The lowest BCUT2D eigenvalue weighted by Crippen LogP contribution is -2.34. The fourth-order valence-electron chi connectivity index (χ4n) is 4.24. The Morgan fingerprint density at radius 3 is 2.53 bits per heavy atom. The van der Waals surface area contributed by atoms with Crippen LogP contribution in [0.25, 0.3) is 0 Å².